The SMILES string of the molecule is CC(O)C(N)C(=O)NC(C(=O)NCC(=O)NC(CC(N)=O)C(=O)O)C(C)O. The average molecular weight is 391 g/mol. The van der Waals surface area contributed by atoms with E-state index in [4.69, 9.17) is 16.6 Å². The van der Waals surface area contributed by atoms with E-state index >= 15 is 0 Å². The molecule has 0 saturated carbocycles. The third kappa shape index (κ3) is 8.94. The molecule has 27 heavy (non-hydrogen) atoms. The summed E-state index contributed by atoms with van der Waals surface area (Å²) in [7, 11) is 0. The number of carbonyl (C=O) groups excluding carboxylic acids is 4. The minimum absolute atomic E-state index is 0.640. The van der Waals surface area contributed by atoms with Crippen LogP contribution in [0.25, 0.3) is 0 Å². The van der Waals surface area contributed by atoms with E-state index in [0.717, 1.165) is 0 Å². The topological polar surface area (TPSA) is 234 Å². The zero-order valence-corrected chi connectivity index (χ0v) is 14.8. The number of rotatable bonds is 11. The summed E-state index contributed by atoms with van der Waals surface area (Å²) in [6.45, 7) is 1.77. The molecule has 13 heteroatoms. The number of carboxylic acid groups (broad SMARTS) is 1. The highest BCUT2D eigenvalue weighted by Gasteiger charge is 2.29. The first-order chi connectivity index (χ1) is 12.4. The van der Waals surface area contributed by atoms with E-state index in [1.165, 1.54) is 13.8 Å². The molecule has 13 nitrogen and oxygen atoms in total. The van der Waals surface area contributed by atoms with Crippen molar-refractivity contribution in [3.05, 3.63) is 0 Å². The van der Waals surface area contributed by atoms with E-state index in [1.54, 1.807) is 0 Å². The van der Waals surface area contributed by atoms with E-state index < -0.39 is 72.9 Å². The average Bonchev–Trinajstić information content (AvgIpc) is 2.54. The molecule has 0 rings (SSSR count). The fourth-order valence-electron chi connectivity index (χ4n) is 1.80. The van der Waals surface area contributed by atoms with Crippen molar-refractivity contribution >= 4 is 29.6 Å². The minimum atomic E-state index is -1.57. The van der Waals surface area contributed by atoms with Crippen LogP contribution in [0.15, 0.2) is 0 Å². The maximum absolute atomic E-state index is 12.1. The van der Waals surface area contributed by atoms with Crippen LogP contribution in [-0.2, 0) is 24.0 Å². The summed E-state index contributed by atoms with van der Waals surface area (Å²) >= 11 is 0. The van der Waals surface area contributed by atoms with Crippen LogP contribution in [0.5, 0.6) is 0 Å². The molecule has 0 aromatic carbocycles. The fraction of sp³-hybridized carbons (Fsp3) is 0.643. The van der Waals surface area contributed by atoms with Crippen molar-refractivity contribution in [2.75, 3.05) is 6.54 Å². The Hall–Kier alpha value is -2.77. The number of aliphatic hydroxyl groups excluding tert-OH is 2. The summed E-state index contributed by atoms with van der Waals surface area (Å²) in [6, 6.07) is -4.38. The Morgan fingerprint density at radius 3 is 1.93 bits per heavy atom. The first-order valence-corrected chi connectivity index (χ1v) is 7.87. The van der Waals surface area contributed by atoms with Crippen molar-refractivity contribution < 1.29 is 39.3 Å². The van der Waals surface area contributed by atoms with Crippen LogP contribution in [0.4, 0.5) is 0 Å². The van der Waals surface area contributed by atoms with Gasteiger partial charge in [-0.15, -0.1) is 0 Å². The quantitative estimate of drug-likeness (QED) is 0.168. The Kier molecular flexibility index (Phi) is 9.92. The number of hydrogen-bond acceptors (Lipinski definition) is 8. The molecule has 0 heterocycles. The summed E-state index contributed by atoms with van der Waals surface area (Å²) in [5, 5.41) is 34.0. The largest absolute Gasteiger partial charge is 0.480 e. The van der Waals surface area contributed by atoms with Crippen molar-refractivity contribution in [1.29, 1.82) is 0 Å². The van der Waals surface area contributed by atoms with Gasteiger partial charge in [-0.1, -0.05) is 0 Å². The van der Waals surface area contributed by atoms with E-state index in [1.807, 2.05) is 5.32 Å². The Morgan fingerprint density at radius 2 is 1.52 bits per heavy atom. The lowest BCUT2D eigenvalue weighted by molar-refractivity contribution is -0.143. The molecule has 154 valence electrons. The number of hydrogen-bond donors (Lipinski definition) is 8. The van der Waals surface area contributed by atoms with Crippen molar-refractivity contribution in [3.63, 3.8) is 0 Å². The lowest BCUT2D eigenvalue weighted by atomic mass is 10.1. The van der Waals surface area contributed by atoms with Crippen LogP contribution in [-0.4, -0.2) is 81.8 Å². The highest BCUT2D eigenvalue weighted by atomic mass is 16.4. The van der Waals surface area contributed by atoms with Gasteiger partial charge in [-0.3, -0.25) is 19.2 Å². The van der Waals surface area contributed by atoms with Gasteiger partial charge in [-0.2, -0.15) is 0 Å². The van der Waals surface area contributed by atoms with Crippen molar-refractivity contribution in [2.24, 2.45) is 11.5 Å². The molecule has 5 atom stereocenters. The van der Waals surface area contributed by atoms with Crippen molar-refractivity contribution in [2.45, 2.75) is 50.6 Å². The molecule has 0 aliphatic rings. The number of carboxylic acids is 1. The van der Waals surface area contributed by atoms with Crippen molar-refractivity contribution in [1.82, 2.24) is 16.0 Å². The molecule has 0 aromatic rings. The Bertz CT molecular complexity index is 580. The number of primary amides is 1. The molecule has 0 radical (unpaired) electrons. The van der Waals surface area contributed by atoms with Crippen molar-refractivity contribution in [3.8, 4) is 0 Å². The van der Waals surface area contributed by atoms with Crippen LogP contribution >= 0.6 is 0 Å². The Labute approximate surface area is 154 Å². The summed E-state index contributed by atoms with van der Waals surface area (Å²) < 4.78 is 0. The predicted molar refractivity (Wildman–Crippen MR) is 89.7 cm³/mol. The second-order valence-corrected chi connectivity index (χ2v) is 5.84. The maximum atomic E-state index is 12.1. The van der Waals surface area contributed by atoms with Gasteiger partial charge in [0.15, 0.2) is 0 Å². The lowest BCUT2D eigenvalue weighted by Crippen LogP contribution is -2.58. The lowest BCUT2D eigenvalue weighted by Gasteiger charge is -2.23. The van der Waals surface area contributed by atoms with Gasteiger partial charge in [0.05, 0.1) is 25.2 Å². The summed E-state index contributed by atoms with van der Waals surface area (Å²) in [5.74, 6) is -5.22. The van der Waals surface area contributed by atoms with Crippen LogP contribution in [0.2, 0.25) is 0 Å². The zero-order valence-electron chi connectivity index (χ0n) is 14.8. The Morgan fingerprint density at radius 1 is 0.963 bits per heavy atom. The number of carbonyl (C=O) groups is 5. The molecule has 0 aliphatic carbocycles. The number of aliphatic carboxylic acids is 1. The van der Waals surface area contributed by atoms with E-state index in [-0.39, 0.29) is 0 Å². The first-order valence-electron chi connectivity index (χ1n) is 7.87. The molecule has 0 bridgehead atoms. The minimum Gasteiger partial charge on any atom is -0.480 e. The zero-order chi connectivity index (χ0) is 21.3. The maximum Gasteiger partial charge on any atom is 0.326 e. The van der Waals surface area contributed by atoms with Gasteiger partial charge in [0, 0.05) is 0 Å². The molecule has 0 fully saturated rings. The number of nitrogens with two attached hydrogens (primary N) is 2. The first kappa shape index (κ1) is 24.2. The smallest absolute Gasteiger partial charge is 0.326 e. The number of nitrogens with one attached hydrogen (secondary N) is 3. The second kappa shape index (κ2) is 11.1. The fourth-order valence-corrected chi connectivity index (χ4v) is 1.80. The van der Waals surface area contributed by atoms with E-state index in [2.05, 4.69) is 10.6 Å². The molecule has 4 amide bonds. The summed E-state index contributed by atoms with van der Waals surface area (Å²) in [4.78, 5) is 57.3. The molecule has 10 N–H and O–H groups in total. The third-order valence-corrected chi connectivity index (χ3v) is 3.35. The van der Waals surface area contributed by atoms with Gasteiger partial charge in [0.1, 0.15) is 18.1 Å². The van der Waals surface area contributed by atoms with Gasteiger partial charge in [0.25, 0.3) is 0 Å². The summed E-state index contributed by atoms with van der Waals surface area (Å²) in [6.07, 6.45) is -3.20. The highest BCUT2D eigenvalue weighted by Crippen LogP contribution is 1.97. The standard InChI is InChI=1S/C14H25N5O8/c1-5(20)10(16)12(24)19-11(6(2)21)13(25)17-4-9(23)18-7(14(26)27)3-8(15)22/h5-7,10-11,20-21H,3-4,16H2,1-2H3,(H2,15,22)(H,17,25)(H,18,23)(H,19,24)(H,26,27). The Balaban J connectivity index is 4.77. The highest BCUT2D eigenvalue weighted by molar-refractivity contribution is 5.93. The third-order valence-electron chi connectivity index (χ3n) is 3.35. The second-order valence-electron chi connectivity index (χ2n) is 5.84. The van der Waals surface area contributed by atoms with Crippen LogP contribution < -0.4 is 27.4 Å². The van der Waals surface area contributed by atoms with Crippen LogP contribution in [0, 0.1) is 0 Å². The van der Waals surface area contributed by atoms with Crippen LogP contribution in [0.1, 0.15) is 20.3 Å². The van der Waals surface area contributed by atoms with Gasteiger partial charge in [0.2, 0.25) is 23.6 Å². The van der Waals surface area contributed by atoms with E-state index in [9.17, 15) is 34.2 Å². The van der Waals surface area contributed by atoms with Gasteiger partial charge in [-0.25, -0.2) is 4.79 Å². The molecule has 0 aromatic heterocycles. The molecule has 5 unspecified atom stereocenters. The summed E-state index contributed by atoms with van der Waals surface area (Å²) in [5.41, 5.74) is 10.3. The molecule has 0 aliphatic heterocycles. The predicted octanol–water partition coefficient (Wildman–Crippen LogP) is -4.88. The number of aliphatic hydroxyl groups is 2. The molecular formula is C14H25N5O8. The molecule has 0 spiro atoms. The monoisotopic (exact) mass is 391 g/mol. The molecule has 0 saturated heterocycles. The van der Waals surface area contributed by atoms with Crippen LogP contribution in [0.3, 0.4) is 0 Å². The van der Waals surface area contributed by atoms with Gasteiger partial charge >= 0.3 is 5.97 Å². The van der Waals surface area contributed by atoms with Gasteiger partial charge in [-0.05, 0) is 13.8 Å². The number of amides is 4. The molecular weight excluding hydrogens is 366 g/mol. The van der Waals surface area contributed by atoms with Gasteiger partial charge < -0.3 is 42.7 Å². The van der Waals surface area contributed by atoms with E-state index in [0.29, 0.717) is 0 Å². The normalized spacial score (nSPS) is 16.2.